The molecule has 1 aliphatic heterocycles. The lowest BCUT2D eigenvalue weighted by molar-refractivity contribution is -0.140. The Hall–Kier alpha value is -2.37. The molecule has 1 fully saturated rings. The maximum absolute atomic E-state index is 12.6. The van der Waals surface area contributed by atoms with Crippen molar-refractivity contribution in [1.82, 2.24) is 9.80 Å². The number of carbonyl (C=O) groups excluding carboxylic acids is 3. The van der Waals surface area contributed by atoms with Gasteiger partial charge in [-0.25, -0.2) is 0 Å². The zero-order valence-electron chi connectivity index (χ0n) is 17.0. The van der Waals surface area contributed by atoms with Gasteiger partial charge in [-0.05, 0) is 23.0 Å². The molecular weight excluding hydrogens is 342 g/mol. The molecule has 0 radical (unpaired) electrons. The summed E-state index contributed by atoms with van der Waals surface area (Å²) in [6, 6.07) is 6.06. The van der Waals surface area contributed by atoms with E-state index < -0.39 is 0 Å². The Bertz CT molecular complexity index is 678. The fourth-order valence-electron chi connectivity index (χ4n) is 3.40. The standard InChI is InChI=1S/C21H31N3O3/c1-14(2)17-7-6-8-18(15(3)4)21(17)22-19(26)13-20(27)24-11-9-23(10-12-24)16(5)25/h6-8,14-15H,9-13H2,1-5H3,(H,22,26). The number of amides is 3. The second-order valence-electron chi connectivity index (χ2n) is 7.73. The molecule has 1 saturated heterocycles. The molecule has 0 bridgehead atoms. The van der Waals surface area contributed by atoms with E-state index in [0.29, 0.717) is 26.2 Å². The molecule has 0 aliphatic carbocycles. The first-order chi connectivity index (χ1) is 12.7. The van der Waals surface area contributed by atoms with Gasteiger partial charge in [-0.15, -0.1) is 0 Å². The molecule has 0 unspecified atom stereocenters. The maximum Gasteiger partial charge on any atom is 0.233 e. The topological polar surface area (TPSA) is 69.7 Å². The molecule has 0 saturated carbocycles. The first-order valence-corrected chi connectivity index (χ1v) is 9.66. The number of nitrogens with one attached hydrogen (secondary N) is 1. The largest absolute Gasteiger partial charge is 0.339 e. The third-order valence-electron chi connectivity index (χ3n) is 5.03. The minimum Gasteiger partial charge on any atom is -0.339 e. The highest BCUT2D eigenvalue weighted by Gasteiger charge is 2.24. The van der Waals surface area contributed by atoms with Crippen LogP contribution in [-0.2, 0) is 14.4 Å². The summed E-state index contributed by atoms with van der Waals surface area (Å²) >= 11 is 0. The van der Waals surface area contributed by atoms with Crippen molar-refractivity contribution in [2.24, 2.45) is 0 Å². The molecule has 6 nitrogen and oxygen atoms in total. The summed E-state index contributed by atoms with van der Waals surface area (Å²) < 4.78 is 0. The van der Waals surface area contributed by atoms with Gasteiger partial charge in [0.1, 0.15) is 6.42 Å². The van der Waals surface area contributed by atoms with Crippen LogP contribution in [0.25, 0.3) is 0 Å². The lowest BCUT2D eigenvalue weighted by atomic mass is 9.92. The fourth-order valence-corrected chi connectivity index (χ4v) is 3.40. The average molecular weight is 373 g/mol. The van der Waals surface area contributed by atoms with Gasteiger partial charge in [-0.3, -0.25) is 14.4 Å². The Labute approximate surface area is 161 Å². The molecule has 6 heteroatoms. The van der Waals surface area contributed by atoms with Gasteiger partial charge in [0.15, 0.2) is 0 Å². The number of benzene rings is 1. The van der Waals surface area contributed by atoms with Crippen molar-refractivity contribution in [2.45, 2.75) is 52.9 Å². The van der Waals surface area contributed by atoms with Gasteiger partial charge in [-0.1, -0.05) is 45.9 Å². The first-order valence-electron chi connectivity index (χ1n) is 9.66. The third-order valence-corrected chi connectivity index (χ3v) is 5.03. The molecule has 27 heavy (non-hydrogen) atoms. The average Bonchev–Trinajstić information content (AvgIpc) is 2.61. The van der Waals surface area contributed by atoms with Crippen molar-refractivity contribution in [3.05, 3.63) is 29.3 Å². The van der Waals surface area contributed by atoms with Crippen LogP contribution in [0.4, 0.5) is 5.69 Å². The first kappa shape index (κ1) is 20.9. The number of hydrogen-bond donors (Lipinski definition) is 1. The van der Waals surface area contributed by atoms with E-state index in [9.17, 15) is 14.4 Å². The summed E-state index contributed by atoms with van der Waals surface area (Å²) in [6.45, 7) is 11.9. The second kappa shape index (κ2) is 9.02. The predicted octanol–water partition coefficient (Wildman–Crippen LogP) is 2.95. The van der Waals surface area contributed by atoms with Crippen LogP contribution in [0.3, 0.4) is 0 Å². The molecule has 0 atom stereocenters. The Balaban J connectivity index is 2.04. The number of anilines is 1. The molecule has 1 aliphatic rings. The van der Waals surface area contributed by atoms with Gasteiger partial charge in [0.25, 0.3) is 0 Å². The molecule has 1 heterocycles. The highest BCUT2D eigenvalue weighted by molar-refractivity contribution is 6.04. The number of carbonyl (C=O) groups is 3. The normalized spacial score (nSPS) is 14.6. The van der Waals surface area contributed by atoms with Gasteiger partial charge in [-0.2, -0.15) is 0 Å². The monoisotopic (exact) mass is 373 g/mol. The van der Waals surface area contributed by atoms with Crippen molar-refractivity contribution < 1.29 is 14.4 Å². The van der Waals surface area contributed by atoms with E-state index in [2.05, 4.69) is 33.0 Å². The predicted molar refractivity (Wildman–Crippen MR) is 107 cm³/mol. The Kier molecular flexibility index (Phi) is 6.99. The van der Waals surface area contributed by atoms with Crippen LogP contribution in [0.15, 0.2) is 18.2 Å². The summed E-state index contributed by atoms with van der Waals surface area (Å²) in [5.41, 5.74) is 3.00. The molecule has 3 amide bonds. The summed E-state index contributed by atoms with van der Waals surface area (Å²) in [4.78, 5) is 39.8. The van der Waals surface area contributed by atoms with E-state index >= 15 is 0 Å². The van der Waals surface area contributed by atoms with Gasteiger partial charge in [0.05, 0.1) is 0 Å². The summed E-state index contributed by atoms with van der Waals surface area (Å²) in [6.07, 6.45) is -0.177. The molecular formula is C21H31N3O3. The van der Waals surface area contributed by atoms with Crippen molar-refractivity contribution in [3.63, 3.8) is 0 Å². The van der Waals surface area contributed by atoms with Crippen LogP contribution >= 0.6 is 0 Å². The summed E-state index contributed by atoms with van der Waals surface area (Å²) in [5, 5.41) is 2.99. The van der Waals surface area contributed by atoms with E-state index in [4.69, 9.17) is 0 Å². The van der Waals surface area contributed by atoms with E-state index in [1.807, 2.05) is 18.2 Å². The fraction of sp³-hybridized carbons (Fsp3) is 0.571. The number of rotatable bonds is 5. The minimum absolute atomic E-state index is 0.0198. The molecule has 0 aromatic heterocycles. The molecule has 1 aromatic carbocycles. The van der Waals surface area contributed by atoms with Crippen LogP contribution in [0, 0.1) is 0 Å². The Morgan fingerprint density at radius 2 is 1.41 bits per heavy atom. The lowest BCUT2D eigenvalue weighted by Crippen LogP contribution is -2.50. The van der Waals surface area contributed by atoms with Crippen LogP contribution in [0.1, 0.15) is 64.0 Å². The number of piperazine rings is 1. The van der Waals surface area contributed by atoms with Crippen LogP contribution in [-0.4, -0.2) is 53.7 Å². The van der Waals surface area contributed by atoms with Crippen molar-refractivity contribution in [3.8, 4) is 0 Å². The Morgan fingerprint density at radius 1 is 0.926 bits per heavy atom. The van der Waals surface area contributed by atoms with Crippen LogP contribution in [0.5, 0.6) is 0 Å². The van der Waals surface area contributed by atoms with E-state index in [0.717, 1.165) is 16.8 Å². The van der Waals surface area contributed by atoms with Crippen LogP contribution < -0.4 is 5.32 Å². The maximum atomic E-state index is 12.6. The number of nitrogens with zero attached hydrogens (tertiary/aromatic N) is 2. The zero-order valence-corrected chi connectivity index (χ0v) is 17.0. The van der Waals surface area contributed by atoms with Gasteiger partial charge in [0, 0.05) is 38.8 Å². The highest BCUT2D eigenvalue weighted by atomic mass is 16.2. The molecule has 2 rings (SSSR count). The van der Waals surface area contributed by atoms with Gasteiger partial charge in [0.2, 0.25) is 17.7 Å². The summed E-state index contributed by atoms with van der Waals surface area (Å²) in [7, 11) is 0. The van der Waals surface area contributed by atoms with Gasteiger partial charge < -0.3 is 15.1 Å². The molecule has 148 valence electrons. The van der Waals surface area contributed by atoms with Crippen molar-refractivity contribution >= 4 is 23.4 Å². The quantitative estimate of drug-likeness (QED) is 0.807. The number of para-hydroxylation sites is 1. The smallest absolute Gasteiger partial charge is 0.233 e. The van der Waals surface area contributed by atoms with Gasteiger partial charge >= 0.3 is 0 Å². The lowest BCUT2D eigenvalue weighted by Gasteiger charge is -2.34. The van der Waals surface area contributed by atoms with Crippen molar-refractivity contribution in [2.75, 3.05) is 31.5 Å². The SMILES string of the molecule is CC(=O)N1CCN(C(=O)CC(=O)Nc2c(C(C)C)cccc2C(C)C)CC1. The van der Waals surface area contributed by atoms with Crippen molar-refractivity contribution in [1.29, 1.82) is 0 Å². The zero-order chi connectivity index (χ0) is 20.1. The molecule has 0 spiro atoms. The van der Waals surface area contributed by atoms with E-state index in [-0.39, 0.29) is 36.0 Å². The number of hydrogen-bond acceptors (Lipinski definition) is 3. The van der Waals surface area contributed by atoms with E-state index in [1.54, 1.807) is 9.80 Å². The third kappa shape index (κ3) is 5.31. The van der Waals surface area contributed by atoms with E-state index in [1.165, 1.54) is 6.92 Å². The highest BCUT2D eigenvalue weighted by Crippen LogP contribution is 2.32. The minimum atomic E-state index is -0.288. The molecule has 1 N–H and O–H groups in total. The molecule has 1 aromatic rings. The van der Waals surface area contributed by atoms with Crippen LogP contribution in [0.2, 0.25) is 0 Å². The summed E-state index contributed by atoms with van der Waals surface area (Å²) in [5.74, 6) is 0.0860. The second-order valence-corrected chi connectivity index (χ2v) is 7.73. The Morgan fingerprint density at radius 3 is 1.85 bits per heavy atom.